The zero-order valence-corrected chi connectivity index (χ0v) is 11.5. The summed E-state index contributed by atoms with van der Waals surface area (Å²) in [4.78, 5) is 16.6. The molecule has 104 valence electrons. The molecule has 0 aliphatic carbocycles. The predicted octanol–water partition coefficient (Wildman–Crippen LogP) is 3.24. The van der Waals surface area contributed by atoms with Crippen LogP contribution in [0.15, 0.2) is 53.3 Å². The third-order valence-electron chi connectivity index (χ3n) is 3.29. The highest BCUT2D eigenvalue weighted by atomic mass is 19.1. The molecule has 0 atom stereocenters. The maximum atomic E-state index is 13.1. The Morgan fingerprint density at radius 2 is 1.90 bits per heavy atom. The summed E-state index contributed by atoms with van der Waals surface area (Å²) in [5.41, 5.74) is 2.37. The molecule has 1 aromatic heterocycles. The fraction of sp³-hybridized carbons (Fsp3) is 0.0588. The molecule has 0 amide bonds. The number of benzene rings is 2. The highest BCUT2D eigenvalue weighted by Crippen LogP contribution is 2.11. The maximum absolute atomic E-state index is 13.1. The van der Waals surface area contributed by atoms with Gasteiger partial charge in [0.2, 0.25) is 0 Å². The van der Waals surface area contributed by atoms with Crippen molar-refractivity contribution in [1.82, 2.24) is 9.55 Å². The van der Waals surface area contributed by atoms with Crippen molar-refractivity contribution in [3.8, 4) is 0 Å². The molecule has 0 spiro atoms. The van der Waals surface area contributed by atoms with E-state index in [9.17, 15) is 9.18 Å². The van der Waals surface area contributed by atoms with Gasteiger partial charge < -0.3 is 4.57 Å². The highest BCUT2D eigenvalue weighted by Gasteiger charge is 2.05. The van der Waals surface area contributed by atoms with Gasteiger partial charge in [-0.25, -0.2) is 9.37 Å². The minimum Gasteiger partial charge on any atom is -0.308 e. The number of aryl methyl sites for hydroxylation is 1. The van der Waals surface area contributed by atoms with E-state index in [0.29, 0.717) is 11.3 Å². The molecule has 1 heterocycles. The number of hydrogen-bond donors (Lipinski definition) is 0. The molecule has 0 bridgehead atoms. The van der Waals surface area contributed by atoms with Crippen molar-refractivity contribution >= 4 is 23.2 Å². The molecule has 21 heavy (non-hydrogen) atoms. The Hall–Kier alpha value is -2.75. The van der Waals surface area contributed by atoms with Crippen LogP contribution in [0.25, 0.3) is 23.2 Å². The first-order valence-corrected chi connectivity index (χ1v) is 6.54. The average Bonchev–Trinajstić information content (AvgIpc) is 2.50. The van der Waals surface area contributed by atoms with E-state index >= 15 is 0 Å². The van der Waals surface area contributed by atoms with Crippen molar-refractivity contribution in [3.63, 3.8) is 0 Å². The SMILES string of the molecule is Cn1c(=O)c(C=Cc2cccc(F)c2)nc2ccccc21. The van der Waals surface area contributed by atoms with Crippen LogP contribution in [0.5, 0.6) is 0 Å². The zero-order chi connectivity index (χ0) is 14.8. The lowest BCUT2D eigenvalue weighted by Gasteiger charge is -2.05. The predicted molar refractivity (Wildman–Crippen MR) is 82.3 cm³/mol. The Morgan fingerprint density at radius 1 is 1.10 bits per heavy atom. The number of para-hydroxylation sites is 2. The van der Waals surface area contributed by atoms with Gasteiger partial charge >= 0.3 is 0 Å². The van der Waals surface area contributed by atoms with Gasteiger partial charge in [0.1, 0.15) is 11.5 Å². The van der Waals surface area contributed by atoms with Crippen molar-refractivity contribution in [2.24, 2.45) is 7.05 Å². The first kappa shape index (κ1) is 13.2. The number of rotatable bonds is 2. The molecule has 0 fully saturated rings. The standard InChI is InChI=1S/C17H13FN2O/c1-20-16-8-3-2-7-14(16)19-15(17(20)21)10-9-12-5-4-6-13(18)11-12/h2-11H,1H3. The fourth-order valence-corrected chi connectivity index (χ4v) is 2.20. The van der Waals surface area contributed by atoms with E-state index in [4.69, 9.17) is 0 Å². The number of halogens is 1. The molecule has 3 aromatic rings. The van der Waals surface area contributed by atoms with Crippen LogP contribution in [0.2, 0.25) is 0 Å². The second-order valence-electron chi connectivity index (χ2n) is 4.74. The summed E-state index contributed by atoms with van der Waals surface area (Å²) in [5.74, 6) is -0.309. The van der Waals surface area contributed by atoms with Gasteiger partial charge in [0.25, 0.3) is 5.56 Å². The Labute approximate surface area is 121 Å². The van der Waals surface area contributed by atoms with Crippen LogP contribution in [-0.2, 0) is 7.05 Å². The molecule has 0 saturated heterocycles. The van der Waals surface area contributed by atoms with E-state index in [0.717, 1.165) is 11.0 Å². The highest BCUT2D eigenvalue weighted by molar-refractivity contribution is 5.77. The molecular formula is C17H13FN2O. The topological polar surface area (TPSA) is 34.9 Å². The van der Waals surface area contributed by atoms with Gasteiger partial charge in [-0.1, -0.05) is 30.3 Å². The summed E-state index contributed by atoms with van der Waals surface area (Å²) in [6.45, 7) is 0. The van der Waals surface area contributed by atoms with Gasteiger partial charge in [-0.3, -0.25) is 4.79 Å². The second kappa shape index (κ2) is 5.32. The molecule has 2 aromatic carbocycles. The minimum atomic E-state index is -0.309. The van der Waals surface area contributed by atoms with Crippen LogP contribution in [-0.4, -0.2) is 9.55 Å². The number of nitrogens with zero attached hydrogens (tertiary/aromatic N) is 2. The van der Waals surface area contributed by atoms with Crippen LogP contribution in [0, 0.1) is 5.82 Å². The quantitative estimate of drug-likeness (QED) is 0.722. The molecule has 3 rings (SSSR count). The summed E-state index contributed by atoms with van der Waals surface area (Å²) in [7, 11) is 1.71. The Balaban J connectivity index is 2.09. The lowest BCUT2D eigenvalue weighted by molar-refractivity contribution is 0.627. The first-order valence-electron chi connectivity index (χ1n) is 6.54. The molecule has 4 heteroatoms. The van der Waals surface area contributed by atoms with Gasteiger partial charge in [-0.2, -0.15) is 0 Å². The van der Waals surface area contributed by atoms with Crippen LogP contribution < -0.4 is 5.56 Å². The van der Waals surface area contributed by atoms with Gasteiger partial charge in [-0.15, -0.1) is 0 Å². The summed E-state index contributed by atoms with van der Waals surface area (Å²) in [5, 5.41) is 0. The summed E-state index contributed by atoms with van der Waals surface area (Å²) in [6.07, 6.45) is 3.30. The van der Waals surface area contributed by atoms with E-state index in [-0.39, 0.29) is 11.4 Å². The normalized spacial score (nSPS) is 11.3. The molecule has 0 radical (unpaired) electrons. The molecule has 0 N–H and O–H groups in total. The van der Waals surface area contributed by atoms with Crippen molar-refractivity contribution in [2.45, 2.75) is 0 Å². The van der Waals surface area contributed by atoms with Crippen molar-refractivity contribution < 1.29 is 4.39 Å². The monoisotopic (exact) mass is 280 g/mol. The minimum absolute atomic E-state index is 0.179. The van der Waals surface area contributed by atoms with Gasteiger partial charge in [-0.05, 0) is 35.9 Å². The van der Waals surface area contributed by atoms with Crippen molar-refractivity contribution in [2.75, 3.05) is 0 Å². The maximum Gasteiger partial charge on any atom is 0.276 e. The molecule has 3 nitrogen and oxygen atoms in total. The molecular weight excluding hydrogens is 267 g/mol. The third-order valence-corrected chi connectivity index (χ3v) is 3.29. The van der Waals surface area contributed by atoms with Gasteiger partial charge in [0, 0.05) is 7.05 Å². The average molecular weight is 280 g/mol. The summed E-state index contributed by atoms with van der Waals surface area (Å²) in [6, 6.07) is 13.6. The Morgan fingerprint density at radius 3 is 2.71 bits per heavy atom. The van der Waals surface area contributed by atoms with Crippen LogP contribution >= 0.6 is 0 Å². The number of hydrogen-bond acceptors (Lipinski definition) is 2. The summed E-state index contributed by atoms with van der Waals surface area (Å²) < 4.78 is 14.7. The van der Waals surface area contributed by atoms with E-state index in [1.165, 1.54) is 12.1 Å². The van der Waals surface area contributed by atoms with Gasteiger partial charge in [0.15, 0.2) is 0 Å². The first-order chi connectivity index (χ1) is 10.1. The van der Waals surface area contributed by atoms with E-state index < -0.39 is 0 Å². The fourth-order valence-electron chi connectivity index (χ4n) is 2.20. The van der Waals surface area contributed by atoms with Crippen molar-refractivity contribution in [3.05, 3.63) is 76.0 Å². The lowest BCUT2D eigenvalue weighted by atomic mass is 10.2. The Kier molecular flexibility index (Phi) is 3.36. The van der Waals surface area contributed by atoms with Crippen molar-refractivity contribution in [1.29, 1.82) is 0 Å². The molecule has 0 saturated carbocycles. The smallest absolute Gasteiger partial charge is 0.276 e. The largest absolute Gasteiger partial charge is 0.308 e. The zero-order valence-electron chi connectivity index (χ0n) is 11.5. The second-order valence-corrected chi connectivity index (χ2v) is 4.74. The van der Waals surface area contributed by atoms with E-state index in [2.05, 4.69) is 4.98 Å². The molecule has 0 aliphatic heterocycles. The molecule has 0 aliphatic rings. The lowest BCUT2D eigenvalue weighted by Crippen LogP contribution is -2.21. The van der Waals surface area contributed by atoms with Crippen LogP contribution in [0.4, 0.5) is 4.39 Å². The third kappa shape index (κ3) is 2.60. The molecule has 0 unspecified atom stereocenters. The van der Waals surface area contributed by atoms with Gasteiger partial charge in [0.05, 0.1) is 11.0 Å². The van der Waals surface area contributed by atoms with Crippen LogP contribution in [0.1, 0.15) is 11.3 Å². The van der Waals surface area contributed by atoms with E-state index in [1.807, 2.05) is 24.3 Å². The number of fused-ring (bicyclic) bond motifs is 1. The van der Waals surface area contributed by atoms with Crippen LogP contribution in [0.3, 0.4) is 0 Å². The number of aromatic nitrogens is 2. The van der Waals surface area contributed by atoms with E-state index in [1.54, 1.807) is 35.9 Å². The summed E-state index contributed by atoms with van der Waals surface area (Å²) >= 11 is 0. The Bertz CT molecular complexity index is 897.